The summed E-state index contributed by atoms with van der Waals surface area (Å²) in [5.74, 6) is -2.27. The van der Waals surface area contributed by atoms with E-state index in [9.17, 15) is 18.0 Å². The molecule has 7 atom stereocenters. The van der Waals surface area contributed by atoms with E-state index in [1.807, 2.05) is 25.1 Å². The Hall–Kier alpha value is -4.70. The first kappa shape index (κ1) is 43.0. The van der Waals surface area contributed by atoms with Crippen LogP contribution in [0.5, 0.6) is 11.6 Å². The van der Waals surface area contributed by atoms with Gasteiger partial charge >= 0.3 is 0 Å². The molecule has 2 aliphatic heterocycles. The molecule has 1 unspecified atom stereocenters. The Morgan fingerprint density at radius 3 is 2.57 bits per heavy atom. The molecule has 2 aliphatic carbocycles. The molecule has 1 spiro atoms. The van der Waals surface area contributed by atoms with Gasteiger partial charge in [-0.1, -0.05) is 54.4 Å². The van der Waals surface area contributed by atoms with Gasteiger partial charge in [-0.05, 0) is 110 Å². The molecule has 324 valence electrons. The van der Waals surface area contributed by atoms with Gasteiger partial charge in [0.05, 0.1) is 41.4 Å². The Morgan fingerprint density at radius 1 is 1.07 bits per heavy atom. The molecule has 1 fully saturated rings. The minimum Gasteiger partial charge on any atom is -0.490 e. The maximum atomic E-state index is 15.2. The van der Waals surface area contributed by atoms with Gasteiger partial charge in [-0.3, -0.25) is 19.0 Å². The first-order chi connectivity index (χ1) is 29.1. The summed E-state index contributed by atoms with van der Waals surface area (Å²) in [7, 11) is -3.57. The number of aryl methyl sites for hydroxylation is 3. The molecule has 1 aromatic heterocycles. The van der Waals surface area contributed by atoms with E-state index in [0.29, 0.717) is 30.5 Å². The molecule has 3 heterocycles. The van der Waals surface area contributed by atoms with Crippen LogP contribution in [0.3, 0.4) is 0 Å². The quantitative estimate of drug-likeness (QED) is 0.202. The van der Waals surface area contributed by atoms with Gasteiger partial charge in [0, 0.05) is 49.4 Å². The largest absolute Gasteiger partial charge is 0.490 e. The number of anilines is 1. The third-order valence-corrected chi connectivity index (χ3v) is 17.3. The van der Waals surface area contributed by atoms with Crippen LogP contribution in [0.1, 0.15) is 70.0 Å². The lowest BCUT2D eigenvalue weighted by atomic mass is 9.68. The number of nitrogens with one attached hydrogen (secondary N) is 1. The zero-order valence-electron chi connectivity index (χ0n) is 35.0. The van der Waals surface area contributed by atoms with Crippen molar-refractivity contribution in [3.63, 3.8) is 0 Å². The Balaban J connectivity index is 1.27. The number of benzene rings is 3. The molecule has 0 radical (unpaired) electrons. The topological polar surface area (TPSA) is 158 Å². The van der Waals surface area contributed by atoms with Crippen molar-refractivity contribution in [3.8, 4) is 11.6 Å². The van der Waals surface area contributed by atoms with Crippen molar-refractivity contribution in [3.05, 3.63) is 112 Å². The number of rotatable bonds is 6. The lowest BCUT2D eigenvalue weighted by molar-refractivity contribution is 0.0131. The van der Waals surface area contributed by atoms with Crippen LogP contribution in [0.25, 0.3) is 0 Å². The summed E-state index contributed by atoms with van der Waals surface area (Å²) in [6, 6.07) is 17.7. The molecule has 1 saturated carbocycles. The number of fused-ring (bicyclic) bond motifs is 4. The average Bonchev–Trinajstić information content (AvgIpc) is 3.53. The summed E-state index contributed by atoms with van der Waals surface area (Å²) in [6.07, 6.45) is 8.99. The zero-order chi connectivity index (χ0) is 43.3. The fourth-order valence-corrected chi connectivity index (χ4v) is 13.6. The Morgan fingerprint density at radius 2 is 1.85 bits per heavy atom. The Bertz CT molecular complexity index is 2620. The third-order valence-electron chi connectivity index (χ3n) is 12.9. The van der Waals surface area contributed by atoms with Crippen molar-refractivity contribution < 1.29 is 36.4 Å². The number of carbonyl (C=O) groups excluding carboxylic acids is 2. The first-order valence-corrected chi connectivity index (χ1v) is 24.2. The fraction of sp³-hybridized carbons (Fsp3) is 0.444. The summed E-state index contributed by atoms with van der Waals surface area (Å²) < 4.78 is 70.7. The van der Waals surface area contributed by atoms with E-state index >= 15 is 4.21 Å². The van der Waals surface area contributed by atoms with Crippen molar-refractivity contribution in [2.24, 2.45) is 29.2 Å². The molecule has 13 nitrogen and oxygen atoms in total. The minimum absolute atomic E-state index is 0.0226. The second kappa shape index (κ2) is 16.9. The minimum atomic E-state index is -4.11. The van der Waals surface area contributed by atoms with E-state index < -0.39 is 54.6 Å². The van der Waals surface area contributed by atoms with Crippen molar-refractivity contribution in [2.75, 3.05) is 44.6 Å². The number of carbonyl (C=O) groups is 2. The van der Waals surface area contributed by atoms with Crippen molar-refractivity contribution in [1.29, 1.82) is 0 Å². The maximum absolute atomic E-state index is 15.2. The molecule has 1 N–H and O–H groups in total. The summed E-state index contributed by atoms with van der Waals surface area (Å²) in [4.78, 5) is 30.7. The molecule has 4 aliphatic rings. The van der Waals surface area contributed by atoms with Gasteiger partial charge in [0.1, 0.15) is 21.2 Å². The van der Waals surface area contributed by atoms with E-state index in [2.05, 4.69) is 25.1 Å². The lowest BCUT2D eigenvalue weighted by Crippen LogP contribution is -2.49. The highest BCUT2D eigenvalue weighted by Gasteiger charge is 2.45. The van der Waals surface area contributed by atoms with E-state index in [1.54, 1.807) is 69.6 Å². The SMILES string of the molecule is COc1nn(C)cc1C(=O)NS1(=O)=NC(=O)c2ccc3c(c2)N(C[C@@H]2CC[C@H]2[C@@H](OC)/C=C\[C@H](S(=O)(=O)c2ccc(C)cc2)[C@H](C)C1)C[C@@]1(CCCc2cc(Cl)ccc21)CO3. The Labute approximate surface area is 363 Å². The van der Waals surface area contributed by atoms with Gasteiger partial charge in [-0.15, -0.1) is 9.46 Å². The van der Waals surface area contributed by atoms with Gasteiger partial charge in [-0.2, -0.15) is 0 Å². The maximum Gasteiger partial charge on any atom is 0.286 e. The van der Waals surface area contributed by atoms with Crippen molar-refractivity contribution in [1.82, 2.24) is 14.5 Å². The van der Waals surface area contributed by atoms with Crippen LogP contribution in [0.2, 0.25) is 5.02 Å². The summed E-state index contributed by atoms with van der Waals surface area (Å²) in [5.41, 5.74) is 3.75. The van der Waals surface area contributed by atoms with Crippen LogP contribution in [0.15, 0.2) is 88.3 Å². The van der Waals surface area contributed by atoms with E-state index in [4.69, 9.17) is 25.8 Å². The number of sulfone groups is 1. The van der Waals surface area contributed by atoms with Crippen LogP contribution < -0.4 is 19.1 Å². The molecular weight excluding hydrogens is 838 g/mol. The van der Waals surface area contributed by atoms with Gasteiger partial charge in [0.2, 0.25) is 5.88 Å². The average molecular weight is 891 g/mol. The summed E-state index contributed by atoms with van der Waals surface area (Å²) in [5, 5.41) is 3.61. The molecule has 3 aromatic carbocycles. The highest BCUT2D eigenvalue weighted by atomic mass is 35.5. The molecule has 0 saturated heterocycles. The molecule has 61 heavy (non-hydrogen) atoms. The van der Waals surface area contributed by atoms with Crippen LogP contribution in [0, 0.1) is 24.7 Å². The standard InChI is InChI=1S/C45H52ClN5O8S2/c1-28-8-13-34(14-9-28)61(55,56)41-19-18-39(57-4)35-15-10-32(35)23-51-26-45(20-6-7-30-21-33(46)12-16-37(30)45)27-59-40-17-11-31(22-38(40)51)42(52)48-60(54,25-29(41)2)49-43(53)36-24-50(3)47-44(36)58-5/h8-9,11-14,16-19,21-22,24,29,32,35,39,41H,6-7,10,15,20,23,25-27H2,1-5H3,(H,48,49,52,53,54)/b19-18-/t29-,32+,35-,39+,41+,45+,60?/m1/s1. The van der Waals surface area contributed by atoms with Crippen molar-refractivity contribution >= 4 is 48.9 Å². The number of amides is 2. The van der Waals surface area contributed by atoms with E-state index in [0.717, 1.165) is 43.4 Å². The number of ether oxygens (including phenoxy) is 3. The third kappa shape index (κ3) is 8.46. The number of methoxy groups -OCH3 is 2. The molecule has 2 amide bonds. The fourth-order valence-electron chi connectivity index (χ4n) is 9.60. The molecular formula is C45H52ClN5O8S2. The summed E-state index contributed by atoms with van der Waals surface area (Å²) in [6.45, 7) is 5.16. The summed E-state index contributed by atoms with van der Waals surface area (Å²) >= 11 is 6.49. The number of halogens is 1. The second-order valence-electron chi connectivity index (χ2n) is 17.0. The molecule has 8 rings (SSSR count). The van der Waals surface area contributed by atoms with Gasteiger partial charge in [0.15, 0.2) is 9.84 Å². The number of aromatic nitrogens is 2. The normalized spacial score (nSPS) is 28.3. The Kier molecular flexibility index (Phi) is 11.9. The predicted octanol–water partition coefficient (Wildman–Crippen LogP) is 6.91. The first-order valence-electron chi connectivity index (χ1n) is 20.6. The number of hydrogen-bond acceptors (Lipinski definition) is 10. The van der Waals surface area contributed by atoms with Gasteiger partial charge in [0.25, 0.3) is 11.8 Å². The van der Waals surface area contributed by atoms with Crippen LogP contribution >= 0.6 is 11.6 Å². The van der Waals surface area contributed by atoms with E-state index in [-0.39, 0.29) is 39.2 Å². The highest BCUT2D eigenvalue weighted by Crippen LogP contribution is 2.47. The van der Waals surface area contributed by atoms with Crippen LogP contribution in [0.4, 0.5) is 5.69 Å². The van der Waals surface area contributed by atoms with Crippen LogP contribution in [-0.2, 0) is 43.4 Å². The number of hydrogen-bond donors (Lipinski definition) is 1. The highest BCUT2D eigenvalue weighted by molar-refractivity contribution is 7.93. The van der Waals surface area contributed by atoms with Crippen molar-refractivity contribution in [2.45, 2.75) is 67.6 Å². The molecule has 16 heteroatoms. The van der Waals surface area contributed by atoms with Gasteiger partial charge in [-0.25, -0.2) is 12.6 Å². The second-order valence-corrected chi connectivity index (χ2v) is 21.6. The van der Waals surface area contributed by atoms with E-state index in [1.165, 1.54) is 29.1 Å². The zero-order valence-corrected chi connectivity index (χ0v) is 37.4. The van der Waals surface area contributed by atoms with Gasteiger partial charge < -0.3 is 19.1 Å². The molecule has 4 aromatic rings. The van der Waals surface area contributed by atoms with Crippen LogP contribution in [-0.4, -0.2) is 85.2 Å². The lowest BCUT2D eigenvalue weighted by Gasteiger charge is -2.46. The smallest absolute Gasteiger partial charge is 0.286 e. The predicted molar refractivity (Wildman–Crippen MR) is 235 cm³/mol. The number of nitrogens with zero attached hydrogens (tertiary/aromatic N) is 4. The monoisotopic (exact) mass is 889 g/mol. The molecule has 2 bridgehead atoms.